The first-order valence-electron chi connectivity index (χ1n) is 5.63. The lowest BCUT2D eigenvalue weighted by atomic mass is 10.2. The van der Waals surface area contributed by atoms with Crippen LogP contribution >= 0.6 is 0 Å². The zero-order valence-electron chi connectivity index (χ0n) is 10.1. The summed E-state index contributed by atoms with van der Waals surface area (Å²) in [6.45, 7) is 3.75. The maximum atomic E-state index is 5.70. The highest BCUT2D eigenvalue weighted by Gasteiger charge is 2.05. The topological polar surface area (TPSA) is 47.3 Å². The summed E-state index contributed by atoms with van der Waals surface area (Å²) < 4.78 is 10.7. The van der Waals surface area contributed by atoms with Crippen LogP contribution in [0.15, 0.2) is 34.9 Å². The van der Waals surface area contributed by atoms with Crippen molar-refractivity contribution in [3.63, 3.8) is 0 Å². The van der Waals surface area contributed by atoms with Crippen LogP contribution in [-0.2, 0) is 6.54 Å². The van der Waals surface area contributed by atoms with Crippen molar-refractivity contribution < 1.29 is 9.15 Å². The molecule has 2 aromatic rings. The van der Waals surface area contributed by atoms with E-state index in [-0.39, 0.29) is 0 Å². The second kappa shape index (κ2) is 5.50. The number of hydrogen-bond acceptors (Lipinski definition) is 4. The van der Waals surface area contributed by atoms with Crippen LogP contribution in [0.25, 0.3) is 11.3 Å². The molecule has 0 unspecified atom stereocenters. The third-order valence-corrected chi connectivity index (χ3v) is 2.44. The van der Waals surface area contributed by atoms with Gasteiger partial charge in [0.15, 0.2) is 0 Å². The highest BCUT2D eigenvalue weighted by molar-refractivity contribution is 5.56. The van der Waals surface area contributed by atoms with Gasteiger partial charge in [-0.1, -0.05) is 6.92 Å². The molecule has 2 aromatic heterocycles. The summed E-state index contributed by atoms with van der Waals surface area (Å²) in [6, 6.07) is 7.68. The molecule has 0 saturated heterocycles. The summed E-state index contributed by atoms with van der Waals surface area (Å²) in [4.78, 5) is 4.15. The van der Waals surface area contributed by atoms with E-state index in [0.717, 1.165) is 30.2 Å². The van der Waals surface area contributed by atoms with Gasteiger partial charge in [0.25, 0.3) is 0 Å². The summed E-state index contributed by atoms with van der Waals surface area (Å²) in [5.74, 6) is 2.36. The zero-order valence-corrected chi connectivity index (χ0v) is 10.1. The van der Waals surface area contributed by atoms with Gasteiger partial charge in [-0.25, -0.2) is 4.98 Å². The van der Waals surface area contributed by atoms with Gasteiger partial charge < -0.3 is 14.5 Å². The van der Waals surface area contributed by atoms with Crippen molar-refractivity contribution in [2.75, 3.05) is 13.7 Å². The van der Waals surface area contributed by atoms with Crippen molar-refractivity contribution in [2.45, 2.75) is 13.5 Å². The van der Waals surface area contributed by atoms with Crippen molar-refractivity contribution in [1.29, 1.82) is 0 Å². The Balaban J connectivity index is 2.12. The Bertz CT molecular complexity index is 463. The van der Waals surface area contributed by atoms with Crippen molar-refractivity contribution in [2.24, 2.45) is 0 Å². The molecule has 0 bridgehead atoms. The van der Waals surface area contributed by atoms with Gasteiger partial charge in [-0.15, -0.1) is 0 Å². The second-order valence-electron chi connectivity index (χ2n) is 3.64. The molecule has 0 radical (unpaired) electrons. The number of nitrogens with zero attached hydrogens (tertiary/aromatic N) is 1. The third kappa shape index (κ3) is 2.85. The predicted octanol–water partition coefficient (Wildman–Crippen LogP) is 2.46. The van der Waals surface area contributed by atoms with Crippen LogP contribution in [0.4, 0.5) is 0 Å². The van der Waals surface area contributed by atoms with Crippen LogP contribution in [-0.4, -0.2) is 18.6 Å². The summed E-state index contributed by atoms with van der Waals surface area (Å²) in [5, 5.41) is 3.22. The van der Waals surface area contributed by atoms with Crippen molar-refractivity contribution >= 4 is 0 Å². The molecule has 90 valence electrons. The first-order chi connectivity index (χ1) is 8.33. The molecule has 0 amide bonds. The fourth-order valence-electron chi connectivity index (χ4n) is 1.52. The fraction of sp³-hybridized carbons (Fsp3) is 0.308. The highest BCUT2D eigenvalue weighted by Crippen LogP contribution is 2.22. The molecule has 0 saturated carbocycles. The minimum Gasteiger partial charge on any atom is -0.481 e. The van der Waals surface area contributed by atoms with Gasteiger partial charge in [0.2, 0.25) is 5.88 Å². The molecule has 0 fully saturated rings. The van der Waals surface area contributed by atoms with E-state index < -0.39 is 0 Å². The van der Waals surface area contributed by atoms with Gasteiger partial charge in [-0.3, -0.25) is 0 Å². The number of furan rings is 1. The monoisotopic (exact) mass is 232 g/mol. The van der Waals surface area contributed by atoms with E-state index in [1.54, 1.807) is 13.3 Å². The van der Waals surface area contributed by atoms with E-state index >= 15 is 0 Å². The van der Waals surface area contributed by atoms with Crippen LogP contribution in [0.3, 0.4) is 0 Å². The van der Waals surface area contributed by atoms with Crippen LogP contribution in [0.2, 0.25) is 0 Å². The Labute approximate surface area is 101 Å². The molecule has 0 atom stereocenters. The predicted molar refractivity (Wildman–Crippen MR) is 65.9 cm³/mol. The molecule has 0 spiro atoms. The quantitative estimate of drug-likeness (QED) is 0.860. The first-order valence-corrected chi connectivity index (χ1v) is 5.63. The second-order valence-corrected chi connectivity index (χ2v) is 3.64. The third-order valence-electron chi connectivity index (χ3n) is 2.44. The summed E-state index contributed by atoms with van der Waals surface area (Å²) >= 11 is 0. The molecular formula is C13H16N2O2. The van der Waals surface area contributed by atoms with E-state index in [1.165, 1.54) is 0 Å². The van der Waals surface area contributed by atoms with Gasteiger partial charge in [0.1, 0.15) is 11.5 Å². The van der Waals surface area contributed by atoms with Gasteiger partial charge in [-0.2, -0.15) is 0 Å². The lowest BCUT2D eigenvalue weighted by Gasteiger charge is -2.00. The molecule has 2 rings (SSSR count). The maximum Gasteiger partial charge on any atom is 0.212 e. The zero-order chi connectivity index (χ0) is 12.1. The molecule has 0 aliphatic rings. The molecule has 0 aliphatic carbocycles. The van der Waals surface area contributed by atoms with E-state index in [2.05, 4.69) is 17.2 Å². The Hall–Kier alpha value is -1.81. The molecule has 17 heavy (non-hydrogen) atoms. The van der Waals surface area contributed by atoms with Crippen LogP contribution in [0.1, 0.15) is 12.7 Å². The number of hydrogen-bond donors (Lipinski definition) is 1. The molecule has 0 aromatic carbocycles. The van der Waals surface area contributed by atoms with Crippen LogP contribution in [0.5, 0.6) is 5.88 Å². The first kappa shape index (κ1) is 11.7. The molecule has 4 heteroatoms. The normalized spacial score (nSPS) is 10.5. The minimum atomic E-state index is 0.605. The summed E-state index contributed by atoms with van der Waals surface area (Å²) in [5.41, 5.74) is 0.952. The van der Waals surface area contributed by atoms with Crippen LogP contribution in [0, 0.1) is 0 Å². The molecule has 0 aliphatic heterocycles. The minimum absolute atomic E-state index is 0.605. The van der Waals surface area contributed by atoms with Gasteiger partial charge in [0, 0.05) is 17.8 Å². The number of rotatable bonds is 5. The number of pyridine rings is 1. The summed E-state index contributed by atoms with van der Waals surface area (Å²) in [6.07, 6.45) is 1.74. The lowest BCUT2D eigenvalue weighted by molar-refractivity contribution is 0.398. The number of nitrogens with one attached hydrogen (secondary N) is 1. The molecule has 4 nitrogen and oxygen atoms in total. The SMILES string of the molecule is CCNCc1ccc(-c2ccc(OC)nc2)o1. The van der Waals surface area contributed by atoms with E-state index in [0.29, 0.717) is 5.88 Å². The summed E-state index contributed by atoms with van der Waals surface area (Å²) in [7, 11) is 1.60. The molecule has 2 heterocycles. The average molecular weight is 232 g/mol. The number of methoxy groups -OCH3 is 1. The number of aromatic nitrogens is 1. The highest BCUT2D eigenvalue weighted by atomic mass is 16.5. The van der Waals surface area contributed by atoms with Crippen molar-refractivity contribution in [1.82, 2.24) is 10.3 Å². The van der Waals surface area contributed by atoms with E-state index in [4.69, 9.17) is 9.15 Å². The Morgan fingerprint density at radius 3 is 2.82 bits per heavy atom. The Morgan fingerprint density at radius 1 is 1.29 bits per heavy atom. The van der Waals surface area contributed by atoms with Gasteiger partial charge in [0.05, 0.1) is 13.7 Å². The number of ether oxygens (including phenoxy) is 1. The van der Waals surface area contributed by atoms with Crippen molar-refractivity contribution in [3.8, 4) is 17.2 Å². The van der Waals surface area contributed by atoms with Gasteiger partial charge in [-0.05, 0) is 24.7 Å². The van der Waals surface area contributed by atoms with Crippen LogP contribution < -0.4 is 10.1 Å². The average Bonchev–Trinajstić information content (AvgIpc) is 2.85. The molecule has 1 N–H and O–H groups in total. The van der Waals surface area contributed by atoms with Crippen molar-refractivity contribution in [3.05, 3.63) is 36.2 Å². The van der Waals surface area contributed by atoms with E-state index in [1.807, 2.05) is 24.3 Å². The fourth-order valence-corrected chi connectivity index (χ4v) is 1.52. The standard InChI is InChI=1S/C13H16N2O2/c1-3-14-9-11-5-6-12(17-11)10-4-7-13(16-2)15-8-10/h4-8,14H,3,9H2,1-2H3. The molecular weight excluding hydrogens is 216 g/mol. The Morgan fingerprint density at radius 2 is 2.18 bits per heavy atom. The Kier molecular flexibility index (Phi) is 3.77. The van der Waals surface area contributed by atoms with E-state index in [9.17, 15) is 0 Å². The smallest absolute Gasteiger partial charge is 0.212 e. The lowest BCUT2D eigenvalue weighted by Crippen LogP contribution is -2.10. The maximum absolute atomic E-state index is 5.70. The largest absolute Gasteiger partial charge is 0.481 e. The van der Waals surface area contributed by atoms with Gasteiger partial charge >= 0.3 is 0 Å².